The molecule has 0 aliphatic carbocycles. The summed E-state index contributed by atoms with van der Waals surface area (Å²) in [4.78, 5) is 36.3. The third-order valence-corrected chi connectivity index (χ3v) is 5.26. The van der Waals surface area contributed by atoms with Gasteiger partial charge in [-0.05, 0) is 30.2 Å². The van der Waals surface area contributed by atoms with E-state index >= 15 is 0 Å². The highest BCUT2D eigenvalue weighted by Crippen LogP contribution is 2.14. The first-order valence-corrected chi connectivity index (χ1v) is 11.3. The summed E-state index contributed by atoms with van der Waals surface area (Å²) in [7, 11) is 0. The molecule has 1 atom stereocenters. The van der Waals surface area contributed by atoms with Gasteiger partial charge in [-0.25, -0.2) is 4.79 Å². The van der Waals surface area contributed by atoms with Crippen LogP contribution in [0.4, 0.5) is 4.79 Å². The van der Waals surface area contributed by atoms with Crippen LogP contribution >= 0.6 is 11.8 Å². The topological polar surface area (TPSA) is 93.7 Å². The number of hydrogen-bond donors (Lipinski definition) is 2. The van der Waals surface area contributed by atoms with Crippen molar-refractivity contribution >= 4 is 29.7 Å². The van der Waals surface area contributed by atoms with Crippen LogP contribution in [-0.4, -0.2) is 42.9 Å². The maximum absolute atomic E-state index is 12.5. The standard InChI is InChI=1S/C23H28N2O5S/c1-2-29-21(26)15-24-22(27)20(13-14-31-17-19-11-7-4-8-12-19)25-23(28)30-16-18-9-5-3-6-10-18/h3-12,20H,2,13-17H2,1H3,(H,24,27)(H,25,28)/t20-/m0/s1. The van der Waals surface area contributed by atoms with Gasteiger partial charge in [0.2, 0.25) is 5.91 Å². The minimum absolute atomic E-state index is 0.104. The first kappa shape index (κ1) is 24.3. The van der Waals surface area contributed by atoms with Crippen molar-refractivity contribution < 1.29 is 23.9 Å². The molecule has 0 saturated heterocycles. The summed E-state index contributed by atoms with van der Waals surface area (Å²) >= 11 is 1.66. The smallest absolute Gasteiger partial charge is 0.408 e. The van der Waals surface area contributed by atoms with E-state index in [1.54, 1.807) is 18.7 Å². The Morgan fingerprint density at radius 1 is 0.935 bits per heavy atom. The number of rotatable bonds is 12. The number of amides is 2. The van der Waals surface area contributed by atoms with Crippen LogP contribution in [0.25, 0.3) is 0 Å². The fourth-order valence-corrected chi connectivity index (χ4v) is 3.61. The Hall–Kier alpha value is -3.00. The Bertz CT molecular complexity index is 817. The summed E-state index contributed by atoms with van der Waals surface area (Å²) < 4.78 is 10.0. The third kappa shape index (κ3) is 10.0. The molecule has 0 bridgehead atoms. The summed E-state index contributed by atoms with van der Waals surface area (Å²) in [5.41, 5.74) is 2.03. The zero-order chi connectivity index (χ0) is 22.3. The zero-order valence-electron chi connectivity index (χ0n) is 17.5. The van der Waals surface area contributed by atoms with E-state index in [0.29, 0.717) is 12.2 Å². The molecule has 2 aromatic carbocycles. The first-order valence-electron chi connectivity index (χ1n) is 10.1. The third-order valence-electron chi connectivity index (χ3n) is 4.20. The van der Waals surface area contributed by atoms with Gasteiger partial charge in [0.1, 0.15) is 19.2 Å². The van der Waals surface area contributed by atoms with Crippen LogP contribution in [-0.2, 0) is 31.4 Å². The second kappa shape index (κ2) is 14.1. The van der Waals surface area contributed by atoms with Crippen LogP contribution < -0.4 is 10.6 Å². The molecule has 2 amide bonds. The number of benzene rings is 2. The second-order valence-corrected chi connectivity index (χ2v) is 7.71. The molecule has 0 saturated carbocycles. The van der Waals surface area contributed by atoms with Gasteiger partial charge in [-0.1, -0.05) is 60.7 Å². The number of esters is 1. The molecule has 0 radical (unpaired) electrons. The molecule has 166 valence electrons. The highest BCUT2D eigenvalue weighted by molar-refractivity contribution is 7.98. The maximum atomic E-state index is 12.5. The zero-order valence-corrected chi connectivity index (χ0v) is 18.4. The summed E-state index contributed by atoms with van der Waals surface area (Å²) in [6.45, 7) is 1.78. The number of hydrogen-bond acceptors (Lipinski definition) is 6. The molecule has 7 nitrogen and oxygen atoms in total. The lowest BCUT2D eigenvalue weighted by Gasteiger charge is -2.18. The summed E-state index contributed by atoms with van der Waals surface area (Å²) in [5.74, 6) is 0.465. The van der Waals surface area contributed by atoms with Crippen molar-refractivity contribution in [1.29, 1.82) is 0 Å². The van der Waals surface area contributed by atoms with Crippen LogP contribution in [0.5, 0.6) is 0 Å². The predicted molar refractivity (Wildman–Crippen MR) is 120 cm³/mol. The lowest BCUT2D eigenvalue weighted by Crippen LogP contribution is -2.48. The Kier molecular flexibility index (Phi) is 11.0. The molecule has 0 aliphatic heterocycles. The summed E-state index contributed by atoms with van der Waals surface area (Å²) in [6, 6.07) is 18.4. The number of carbonyl (C=O) groups excluding carboxylic acids is 3. The van der Waals surface area contributed by atoms with E-state index in [0.717, 1.165) is 11.3 Å². The molecule has 0 heterocycles. The molecule has 0 spiro atoms. The van der Waals surface area contributed by atoms with Crippen LogP contribution in [0.1, 0.15) is 24.5 Å². The Morgan fingerprint density at radius 3 is 2.23 bits per heavy atom. The Morgan fingerprint density at radius 2 is 1.58 bits per heavy atom. The van der Waals surface area contributed by atoms with Gasteiger partial charge in [0.05, 0.1) is 6.61 Å². The molecule has 0 fully saturated rings. The van der Waals surface area contributed by atoms with Crippen LogP contribution in [0.2, 0.25) is 0 Å². The molecule has 0 aliphatic rings. The Labute approximate surface area is 186 Å². The van der Waals surface area contributed by atoms with Crippen molar-refractivity contribution in [3.05, 3.63) is 71.8 Å². The van der Waals surface area contributed by atoms with E-state index in [1.807, 2.05) is 60.7 Å². The van der Waals surface area contributed by atoms with Crippen molar-refractivity contribution in [3.8, 4) is 0 Å². The number of ether oxygens (including phenoxy) is 2. The lowest BCUT2D eigenvalue weighted by atomic mass is 10.2. The molecule has 2 rings (SSSR count). The van der Waals surface area contributed by atoms with Gasteiger partial charge in [-0.15, -0.1) is 0 Å². The highest BCUT2D eigenvalue weighted by Gasteiger charge is 2.22. The van der Waals surface area contributed by atoms with Crippen LogP contribution in [0.15, 0.2) is 60.7 Å². The molecule has 2 aromatic rings. The minimum atomic E-state index is -0.819. The molecular weight excluding hydrogens is 416 g/mol. The van der Waals surface area contributed by atoms with Gasteiger partial charge in [-0.2, -0.15) is 11.8 Å². The van der Waals surface area contributed by atoms with Gasteiger partial charge < -0.3 is 20.1 Å². The second-order valence-electron chi connectivity index (χ2n) is 6.61. The molecule has 8 heteroatoms. The maximum Gasteiger partial charge on any atom is 0.408 e. The molecular formula is C23H28N2O5S. The van der Waals surface area contributed by atoms with E-state index < -0.39 is 24.0 Å². The largest absolute Gasteiger partial charge is 0.465 e. The van der Waals surface area contributed by atoms with Gasteiger partial charge in [0.15, 0.2) is 0 Å². The molecule has 2 N–H and O–H groups in total. The summed E-state index contributed by atoms with van der Waals surface area (Å²) in [5, 5.41) is 5.11. The minimum Gasteiger partial charge on any atom is -0.465 e. The van der Waals surface area contributed by atoms with Crippen molar-refractivity contribution in [1.82, 2.24) is 10.6 Å². The number of nitrogens with one attached hydrogen (secondary N) is 2. The quantitative estimate of drug-likeness (QED) is 0.385. The van der Waals surface area contributed by atoms with Gasteiger partial charge in [-0.3, -0.25) is 9.59 Å². The number of alkyl carbamates (subject to hydrolysis) is 1. The van der Waals surface area contributed by atoms with Crippen molar-refractivity contribution in [2.24, 2.45) is 0 Å². The van der Waals surface area contributed by atoms with Crippen molar-refractivity contribution in [3.63, 3.8) is 0 Å². The molecule has 0 unspecified atom stereocenters. The molecule has 0 aromatic heterocycles. The first-order chi connectivity index (χ1) is 15.1. The Balaban J connectivity index is 1.84. The fourth-order valence-electron chi connectivity index (χ4n) is 2.64. The fraction of sp³-hybridized carbons (Fsp3) is 0.348. The van der Waals surface area contributed by atoms with E-state index in [4.69, 9.17) is 9.47 Å². The van der Waals surface area contributed by atoms with Crippen molar-refractivity contribution in [2.75, 3.05) is 18.9 Å². The number of carbonyl (C=O) groups is 3. The van der Waals surface area contributed by atoms with Gasteiger partial charge in [0.25, 0.3) is 0 Å². The average molecular weight is 445 g/mol. The lowest BCUT2D eigenvalue weighted by molar-refractivity contribution is -0.143. The van der Waals surface area contributed by atoms with Crippen molar-refractivity contribution in [2.45, 2.75) is 31.7 Å². The number of thioether (sulfide) groups is 1. The van der Waals surface area contributed by atoms with Crippen LogP contribution in [0.3, 0.4) is 0 Å². The highest BCUT2D eigenvalue weighted by atomic mass is 32.2. The molecule has 31 heavy (non-hydrogen) atoms. The van der Waals surface area contributed by atoms with E-state index in [2.05, 4.69) is 10.6 Å². The van der Waals surface area contributed by atoms with E-state index in [1.165, 1.54) is 5.56 Å². The summed E-state index contributed by atoms with van der Waals surface area (Å²) in [6.07, 6.45) is -0.291. The predicted octanol–water partition coefficient (Wildman–Crippen LogP) is 3.28. The monoisotopic (exact) mass is 444 g/mol. The van der Waals surface area contributed by atoms with Crippen LogP contribution in [0, 0.1) is 0 Å². The van der Waals surface area contributed by atoms with Gasteiger partial charge in [0, 0.05) is 5.75 Å². The van der Waals surface area contributed by atoms with Gasteiger partial charge >= 0.3 is 12.1 Å². The van der Waals surface area contributed by atoms with E-state index in [9.17, 15) is 14.4 Å². The van der Waals surface area contributed by atoms with E-state index in [-0.39, 0.29) is 19.8 Å². The average Bonchev–Trinajstić information content (AvgIpc) is 2.79. The SMILES string of the molecule is CCOC(=O)CNC(=O)[C@H](CCSCc1ccccc1)NC(=O)OCc1ccccc1. The normalized spacial score (nSPS) is 11.3.